The van der Waals surface area contributed by atoms with Gasteiger partial charge in [-0.25, -0.2) is 9.59 Å². The molecule has 0 spiro atoms. The Morgan fingerprint density at radius 1 is 1.37 bits per heavy atom. The molecule has 0 fully saturated rings. The summed E-state index contributed by atoms with van der Waals surface area (Å²) in [5.74, 6) is -2.70. The number of urea groups is 1. The second kappa shape index (κ2) is 7.90. The summed E-state index contributed by atoms with van der Waals surface area (Å²) in [6, 6.07) is -2.12. The Morgan fingerprint density at radius 2 is 1.95 bits per heavy atom. The van der Waals surface area contributed by atoms with Gasteiger partial charge < -0.3 is 25.8 Å². The molecule has 9 nitrogen and oxygen atoms in total. The molecule has 1 atom stereocenters. The molecule has 0 aromatic carbocycles. The van der Waals surface area contributed by atoms with Crippen LogP contribution < -0.4 is 11.1 Å². The number of nitrogens with two attached hydrogens (primary N) is 1. The summed E-state index contributed by atoms with van der Waals surface area (Å²) in [7, 11) is 2.59. The van der Waals surface area contributed by atoms with Crippen LogP contribution in [0.4, 0.5) is 4.79 Å². The number of carbonyl (C=O) groups excluding carboxylic acids is 3. The van der Waals surface area contributed by atoms with Crippen molar-refractivity contribution in [2.24, 2.45) is 5.73 Å². The second-order valence-corrected chi connectivity index (χ2v) is 3.76. The number of carbonyl (C=O) groups is 4. The third-order valence-electron chi connectivity index (χ3n) is 2.23. The molecule has 0 heterocycles. The maximum absolute atomic E-state index is 11.6. The van der Waals surface area contributed by atoms with Crippen LogP contribution in [0, 0.1) is 0 Å². The molecular formula is C10H17N3O6. The molecule has 4 N–H and O–H groups in total. The molecule has 0 aromatic rings. The number of methoxy groups -OCH3 is 1. The summed E-state index contributed by atoms with van der Waals surface area (Å²) in [6.45, 7) is 0.0570. The molecule has 0 aliphatic carbocycles. The van der Waals surface area contributed by atoms with E-state index in [1.165, 1.54) is 14.2 Å². The number of rotatable bonds is 7. The van der Waals surface area contributed by atoms with E-state index in [1.807, 2.05) is 0 Å². The van der Waals surface area contributed by atoms with Crippen LogP contribution in [0.1, 0.15) is 12.8 Å². The minimum Gasteiger partial charge on any atom is -0.480 e. The van der Waals surface area contributed by atoms with Crippen LogP contribution in [-0.4, -0.2) is 60.6 Å². The van der Waals surface area contributed by atoms with Crippen LogP contribution in [0.3, 0.4) is 0 Å². The monoisotopic (exact) mass is 275 g/mol. The van der Waals surface area contributed by atoms with E-state index in [4.69, 9.17) is 10.8 Å². The number of aliphatic carboxylic acids is 1. The quantitative estimate of drug-likeness (QED) is 0.484. The first-order valence-corrected chi connectivity index (χ1v) is 5.37. The smallest absolute Gasteiger partial charge is 0.326 e. The highest BCUT2D eigenvalue weighted by Crippen LogP contribution is 1.96. The SMILES string of the molecule is COC(=O)CCN(C)C(=O)N[C@@H](CC(N)=O)C(=O)O. The van der Waals surface area contributed by atoms with Gasteiger partial charge in [0.1, 0.15) is 6.04 Å². The number of nitrogens with one attached hydrogen (secondary N) is 1. The minimum atomic E-state index is -1.40. The van der Waals surface area contributed by atoms with Gasteiger partial charge in [-0.3, -0.25) is 9.59 Å². The number of hydrogen-bond donors (Lipinski definition) is 3. The zero-order valence-corrected chi connectivity index (χ0v) is 10.7. The Bertz CT molecular complexity index is 370. The predicted molar refractivity (Wildman–Crippen MR) is 63.0 cm³/mol. The van der Waals surface area contributed by atoms with Gasteiger partial charge in [0.25, 0.3) is 0 Å². The van der Waals surface area contributed by atoms with Gasteiger partial charge in [-0.05, 0) is 0 Å². The Balaban J connectivity index is 4.35. The summed E-state index contributed by atoms with van der Waals surface area (Å²) in [6.07, 6.45) is -0.528. The van der Waals surface area contributed by atoms with E-state index < -0.39 is 36.3 Å². The maximum atomic E-state index is 11.6. The number of carboxylic acids is 1. The first kappa shape index (κ1) is 16.7. The van der Waals surface area contributed by atoms with Crippen LogP contribution in [0.25, 0.3) is 0 Å². The van der Waals surface area contributed by atoms with Crippen LogP contribution in [-0.2, 0) is 19.1 Å². The van der Waals surface area contributed by atoms with Crippen molar-refractivity contribution in [3.8, 4) is 0 Å². The van der Waals surface area contributed by atoms with Crippen LogP contribution in [0.15, 0.2) is 0 Å². The van der Waals surface area contributed by atoms with Gasteiger partial charge in [0, 0.05) is 13.6 Å². The lowest BCUT2D eigenvalue weighted by Crippen LogP contribution is -2.48. The van der Waals surface area contributed by atoms with E-state index in [1.54, 1.807) is 0 Å². The zero-order chi connectivity index (χ0) is 15.0. The molecule has 0 aliphatic heterocycles. The molecule has 0 unspecified atom stereocenters. The average molecular weight is 275 g/mol. The number of ether oxygens (including phenoxy) is 1. The van der Waals surface area contributed by atoms with E-state index in [9.17, 15) is 19.2 Å². The molecule has 0 aliphatic rings. The molecule has 19 heavy (non-hydrogen) atoms. The van der Waals surface area contributed by atoms with Gasteiger partial charge >= 0.3 is 18.0 Å². The largest absolute Gasteiger partial charge is 0.480 e. The number of amides is 3. The Labute approximate surface area is 109 Å². The lowest BCUT2D eigenvalue weighted by atomic mass is 10.2. The molecular weight excluding hydrogens is 258 g/mol. The van der Waals surface area contributed by atoms with Gasteiger partial charge in [-0.15, -0.1) is 0 Å². The van der Waals surface area contributed by atoms with Crippen LogP contribution in [0.5, 0.6) is 0 Å². The number of nitrogens with zero attached hydrogens (tertiary/aromatic N) is 1. The fourth-order valence-corrected chi connectivity index (χ4v) is 1.12. The van der Waals surface area contributed by atoms with Crippen molar-refractivity contribution in [3.63, 3.8) is 0 Å². The first-order chi connectivity index (χ1) is 8.77. The average Bonchev–Trinajstić information content (AvgIpc) is 2.33. The number of hydrogen-bond acceptors (Lipinski definition) is 5. The Morgan fingerprint density at radius 3 is 2.37 bits per heavy atom. The first-order valence-electron chi connectivity index (χ1n) is 5.37. The molecule has 9 heteroatoms. The predicted octanol–water partition coefficient (Wildman–Crippen LogP) is -1.48. The molecule has 0 aromatic heterocycles. The van der Waals surface area contributed by atoms with Gasteiger partial charge in [-0.2, -0.15) is 0 Å². The summed E-state index contributed by atoms with van der Waals surface area (Å²) >= 11 is 0. The normalized spacial score (nSPS) is 11.3. The fourth-order valence-electron chi connectivity index (χ4n) is 1.12. The number of esters is 1. The van der Waals surface area contributed by atoms with E-state index in [0.717, 1.165) is 4.90 Å². The molecule has 0 saturated carbocycles. The Kier molecular flexibility index (Phi) is 6.94. The fraction of sp³-hybridized carbons (Fsp3) is 0.600. The van der Waals surface area contributed by atoms with E-state index in [2.05, 4.69) is 10.1 Å². The van der Waals surface area contributed by atoms with Crippen molar-refractivity contribution in [1.82, 2.24) is 10.2 Å². The van der Waals surface area contributed by atoms with Crippen molar-refractivity contribution in [2.45, 2.75) is 18.9 Å². The highest BCUT2D eigenvalue weighted by atomic mass is 16.5. The third-order valence-corrected chi connectivity index (χ3v) is 2.23. The summed E-state index contributed by atoms with van der Waals surface area (Å²) < 4.78 is 4.40. The van der Waals surface area contributed by atoms with E-state index in [0.29, 0.717) is 0 Å². The third kappa shape index (κ3) is 6.86. The molecule has 3 amide bonds. The highest BCUT2D eigenvalue weighted by Gasteiger charge is 2.23. The standard InChI is InChI=1S/C10H17N3O6/c1-13(4-3-8(15)19-2)10(18)12-6(9(16)17)5-7(11)14/h6H,3-5H2,1-2H3,(H2,11,14)(H,12,18)(H,16,17)/t6-/m0/s1. The molecule has 0 bridgehead atoms. The number of primary amides is 1. The van der Waals surface area contributed by atoms with Gasteiger partial charge in [0.15, 0.2) is 0 Å². The van der Waals surface area contributed by atoms with Crippen LogP contribution >= 0.6 is 0 Å². The van der Waals surface area contributed by atoms with Crippen molar-refractivity contribution in [1.29, 1.82) is 0 Å². The zero-order valence-electron chi connectivity index (χ0n) is 10.7. The van der Waals surface area contributed by atoms with Crippen molar-refractivity contribution in [2.75, 3.05) is 20.7 Å². The summed E-state index contributed by atoms with van der Waals surface area (Å²) in [5, 5.41) is 10.9. The molecule has 108 valence electrons. The van der Waals surface area contributed by atoms with Crippen molar-refractivity contribution >= 4 is 23.9 Å². The maximum Gasteiger partial charge on any atom is 0.326 e. The second-order valence-electron chi connectivity index (χ2n) is 3.76. The molecule has 0 saturated heterocycles. The summed E-state index contributed by atoms with van der Waals surface area (Å²) in [5.41, 5.74) is 4.87. The molecule has 0 radical (unpaired) electrons. The van der Waals surface area contributed by atoms with E-state index in [-0.39, 0.29) is 13.0 Å². The van der Waals surface area contributed by atoms with Crippen molar-refractivity contribution < 1.29 is 29.0 Å². The summed E-state index contributed by atoms with van der Waals surface area (Å²) in [4.78, 5) is 45.0. The lowest BCUT2D eigenvalue weighted by molar-refractivity contribution is -0.141. The van der Waals surface area contributed by atoms with Gasteiger partial charge in [0.05, 0.1) is 20.0 Å². The topological polar surface area (TPSA) is 139 Å². The lowest BCUT2D eigenvalue weighted by Gasteiger charge is -2.20. The minimum absolute atomic E-state index is 0.0199. The van der Waals surface area contributed by atoms with Gasteiger partial charge in [0.2, 0.25) is 5.91 Å². The number of carboxylic acid groups (broad SMARTS) is 1. The Hall–Kier alpha value is -2.32. The van der Waals surface area contributed by atoms with Gasteiger partial charge in [-0.1, -0.05) is 0 Å². The van der Waals surface area contributed by atoms with Crippen LogP contribution in [0.2, 0.25) is 0 Å². The highest BCUT2D eigenvalue weighted by molar-refractivity contribution is 5.87. The molecule has 0 rings (SSSR count). The van der Waals surface area contributed by atoms with E-state index >= 15 is 0 Å². The van der Waals surface area contributed by atoms with Crippen molar-refractivity contribution in [3.05, 3.63) is 0 Å².